The Hall–Kier alpha value is -2.92. The summed E-state index contributed by atoms with van der Waals surface area (Å²) in [5.41, 5.74) is 5.98. The summed E-state index contributed by atoms with van der Waals surface area (Å²) in [5.74, 6) is -0.262. The Balaban J connectivity index is 1.57. The first kappa shape index (κ1) is 17.5. The van der Waals surface area contributed by atoms with Crippen LogP contribution in [0.15, 0.2) is 54.7 Å². The van der Waals surface area contributed by atoms with Crippen LogP contribution < -0.4 is 0 Å². The molecule has 1 aromatic heterocycles. The van der Waals surface area contributed by atoms with Gasteiger partial charge >= 0.3 is 0 Å². The highest BCUT2D eigenvalue weighted by molar-refractivity contribution is 5.82. The maximum Gasteiger partial charge on any atom is 0.256 e. The summed E-state index contributed by atoms with van der Waals surface area (Å²) in [6.07, 6.45) is 1.34. The minimum absolute atomic E-state index is 0.262. The van der Waals surface area contributed by atoms with Crippen LogP contribution in [0.2, 0.25) is 0 Å². The van der Waals surface area contributed by atoms with E-state index < -0.39 is 6.10 Å². The molecule has 1 N–H and O–H groups in total. The van der Waals surface area contributed by atoms with Crippen molar-refractivity contribution in [3.63, 3.8) is 0 Å². The fraction of sp³-hybridized carbons (Fsp3) is 0.273. The Kier molecular flexibility index (Phi) is 4.54. The number of carbonyl (C=O) groups excluding carboxylic acids is 1. The molecule has 1 unspecified atom stereocenters. The number of hydrogen-bond acceptors (Lipinski definition) is 3. The van der Waals surface area contributed by atoms with Crippen LogP contribution in [0.25, 0.3) is 11.1 Å². The second-order valence-electron chi connectivity index (χ2n) is 7.11. The van der Waals surface area contributed by atoms with E-state index in [0.29, 0.717) is 24.3 Å². The molecule has 1 aliphatic heterocycles. The van der Waals surface area contributed by atoms with Crippen molar-refractivity contribution in [3.05, 3.63) is 77.1 Å². The van der Waals surface area contributed by atoms with Gasteiger partial charge in [-0.1, -0.05) is 42.5 Å². The summed E-state index contributed by atoms with van der Waals surface area (Å²) in [7, 11) is 1.79. The number of aliphatic hydroxyl groups is 1. The van der Waals surface area contributed by atoms with E-state index in [2.05, 4.69) is 35.4 Å². The van der Waals surface area contributed by atoms with Crippen molar-refractivity contribution in [3.8, 4) is 11.1 Å². The number of nitrogens with zero attached hydrogens (tertiary/aromatic N) is 3. The van der Waals surface area contributed by atoms with Crippen LogP contribution in [-0.4, -0.2) is 32.2 Å². The molecule has 0 fully saturated rings. The van der Waals surface area contributed by atoms with E-state index in [0.717, 1.165) is 23.1 Å². The van der Waals surface area contributed by atoms with Gasteiger partial charge in [0.15, 0.2) is 6.10 Å². The average molecular weight is 361 g/mol. The zero-order valence-corrected chi connectivity index (χ0v) is 15.6. The highest BCUT2D eigenvalue weighted by Crippen LogP contribution is 2.28. The Morgan fingerprint density at radius 1 is 1.11 bits per heavy atom. The molecule has 1 atom stereocenters. The number of amides is 1. The van der Waals surface area contributed by atoms with Gasteiger partial charge < -0.3 is 10.0 Å². The zero-order valence-electron chi connectivity index (χ0n) is 15.6. The normalized spacial score (nSPS) is 14.7. The maximum atomic E-state index is 12.9. The van der Waals surface area contributed by atoms with Crippen LogP contribution in [0.5, 0.6) is 0 Å². The van der Waals surface area contributed by atoms with Crippen molar-refractivity contribution in [2.24, 2.45) is 7.05 Å². The highest BCUT2D eigenvalue weighted by Gasteiger charge is 2.29. The maximum absolute atomic E-state index is 12.9. The number of aryl methyl sites for hydroxylation is 2. The van der Waals surface area contributed by atoms with Gasteiger partial charge in [0.1, 0.15) is 0 Å². The standard InChI is InChI=1S/C22H23N3O2/c1-15-20(14-24(2)23-15)21(26)22(27)25-11-10-17-8-9-18(12-19(17)13-25)16-6-4-3-5-7-16/h3-9,12,14,21,26H,10-11,13H2,1-2H3. The molecule has 5 heteroatoms. The van der Waals surface area contributed by atoms with Gasteiger partial charge in [-0.3, -0.25) is 9.48 Å². The second-order valence-corrected chi connectivity index (χ2v) is 7.11. The largest absolute Gasteiger partial charge is 0.378 e. The van der Waals surface area contributed by atoms with Crippen molar-refractivity contribution in [1.82, 2.24) is 14.7 Å². The molecular formula is C22H23N3O2. The Labute approximate surface area is 158 Å². The summed E-state index contributed by atoms with van der Waals surface area (Å²) in [6.45, 7) is 2.95. The topological polar surface area (TPSA) is 58.4 Å². The molecule has 2 heterocycles. The van der Waals surface area contributed by atoms with Crippen molar-refractivity contribution in [2.75, 3.05) is 6.54 Å². The van der Waals surface area contributed by atoms with E-state index in [-0.39, 0.29) is 5.91 Å². The fourth-order valence-electron chi connectivity index (χ4n) is 3.75. The number of benzene rings is 2. The fourth-order valence-corrected chi connectivity index (χ4v) is 3.75. The predicted octanol–water partition coefficient (Wildman–Crippen LogP) is 3.01. The van der Waals surface area contributed by atoms with E-state index in [9.17, 15) is 9.90 Å². The lowest BCUT2D eigenvalue weighted by Gasteiger charge is -2.30. The minimum Gasteiger partial charge on any atom is -0.378 e. The first-order chi connectivity index (χ1) is 13.0. The molecule has 0 saturated heterocycles. The van der Waals surface area contributed by atoms with Crippen LogP contribution in [0.3, 0.4) is 0 Å². The zero-order chi connectivity index (χ0) is 19.0. The van der Waals surface area contributed by atoms with Gasteiger partial charge in [-0.25, -0.2) is 0 Å². The molecule has 5 nitrogen and oxygen atoms in total. The van der Waals surface area contributed by atoms with Gasteiger partial charge in [0, 0.05) is 31.9 Å². The van der Waals surface area contributed by atoms with Crippen LogP contribution in [-0.2, 0) is 24.8 Å². The quantitative estimate of drug-likeness (QED) is 0.780. The third-order valence-electron chi connectivity index (χ3n) is 5.22. The van der Waals surface area contributed by atoms with Crippen LogP contribution in [0.4, 0.5) is 0 Å². The average Bonchev–Trinajstić information content (AvgIpc) is 3.04. The minimum atomic E-state index is -1.17. The SMILES string of the molecule is Cc1nn(C)cc1C(O)C(=O)N1CCc2ccc(-c3ccccc3)cc2C1. The Bertz CT molecular complexity index is 978. The number of aromatic nitrogens is 2. The third kappa shape index (κ3) is 3.38. The number of fused-ring (bicyclic) bond motifs is 1. The second kappa shape index (κ2) is 7.00. The van der Waals surface area contributed by atoms with Crippen molar-refractivity contribution < 1.29 is 9.90 Å². The third-order valence-corrected chi connectivity index (χ3v) is 5.22. The van der Waals surface area contributed by atoms with E-state index in [1.807, 2.05) is 25.1 Å². The molecule has 1 amide bonds. The lowest BCUT2D eigenvalue weighted by atomic mass is 9.94. The lowest BCUT2D eigenvalue weighted by molar-refractivity contribution is -0.141. The number of carbonyl (C=O) groups is 1. The van der Waals surface area contributed by atoms with Gasteiger partial charge in [0.05, 0.1) is 5.69 Å². The molecule has 0 radical (unpaired) electrons. The van der Waals surface area contributed by atoms with Gasteiger partial charge in [-0.05, 0) is 41.7 Å². The first-order valence-corrected chi connectivity index (χ1v) is 9.17. The van der Waals surface area contributed by atoms with Crippen molar-refractivity contribution in [1.29, 1.82) is 0 Å². The molecule has 1 aliphatic rings. The summed E-state index contributed by atoms with van der Waals surface area (Å²) in [5, 5.41) is 14.8. The lowest BCUT2D eigenvalue weighted by Crippen LogP contribution is -2.39. The number of rotatable bonds is 3. The Morgan fingerprint density at radius 3 is 2.59 bits per heavy atom. The summed E-state index contributed by atoms with van der Waals surface area (Å²) in [4.78, 5) is 14.6. The smallest absolute Gasteiger partial charge is 0.256 e. The van der Waals surface area contributed by atoms with Crippen molar-refractivity contribution in [2.45, 2.75) is 26.0 Å². The molecule has 0 aliphatic carbocycles. The van der Waals surface area contributed by atoms with E-state index in [1.165, 1.54) is 5.56 Å². The van der Waals surface area contributed by atoms with Gasteiger partial charge in [0.25, 0.3) is 5.91 Å². The molecule has 4 rings (SSSR count). The molecule has 3 aromatic rings. The molecule has 27 heavy (non-hydrogen) atoms. The van der Waals surface area contributed by atoms with Crippen molar-refractivity contribution >= 4 is 5.91 Å². The highest BCUT2D eigenvalue weighted by atomic mass is 16.3. The van der Waals surface area contributed by atoms with Gasteiger partial charge in [-0.15, -0.1) is 0 Å². The van der Waals surface area contributed by atoms with E-state index in [1.54, 1.807) is 22.8 Å². The van der Waals surface area contributed by atoms with Gasteiger partial charge in [-0.2, -0.15) is 5.10 Å². The summed E-state index contributed by atoms with van der Waals surface area (Å²) in [6, 6.07) is 16.7. The Morgan fingerprint density at radius 2 is 1.89 bits per heavy atom. The molecule has 138 valence electrons. The molecule has 2 aromatic carbocycles. The molecule has 0 saturated carbocycles. The van der Waals surface area contributed by atoms with Crippen LogP contribution in [0.1, 0.15) is 28.5 Å². The molecule has 0 bridgehead atoms. The predicted molar refractivity (Wildman–Crippen MR) is 104 cm³/mol. The summed E-state index contributed by atoms with van der Waals surface area (Å²) >= 11 is 0. The van der Waals surface area contributed by atoms with Gasteiger partial charge in [0.2, 0.25) is 0 Å². The monoisotopic (exact) mass is 361 g/mol. The number of hydrogen-bond donors (Lipinski definition) is 1. The van der Waals surface area contributed by atoms with E-state index >= 15 is 0 Å². The molecular weight excluding hydrogens is 338 g/mol. The van der Waals surface area contributed by atoms with Crippen LogP contribution >= 0.6 is 0 Å². The first-order valence-electron chi connectivity index (χ1n) is 9.17. The van der Waals surface area contributed by atoms with E-state index in [4.69, 9.17) is 0 Å². The summed E-state index contributed by atoms with van der Waals surface area (Å²) < 4.78 is 1.62. The molecule has 0 spiro atoms. The number of aliphatic hydroxyl groups excluding tert-OH is 1. The van der Waals surface area contributed by atoms with Crippen LogP contribution in [0, 0.1) is 6.92 Å².